The Bertz CT molecular complexity index is 3040. The molecule has 0 aliphatic rings. The number of nitrogens with zero attached hydrogens (tertiary/aromatic N) is 1. The zero-order chi connectivity index (χ0) is 36.3. The van der Waals surface area contributed by atoms with Gasteiger partial charge in [-0.15, -0.1) is 0 Å². The Labute approximate surface area is 316 Å². The van der Waals surface area contributed by atoms with Gasteiger partial charge in [-0.3, -0.25) is 0 Å². The predicted molar refractivity (Wildman–Crippen MR) is 234 cm³/mol. The molecule has 10 aromatic carbocycles. The van der Waals surface area contributed by atoms with Crippen LogP contribution in [0.15, 0.2) is 182 Å². The predicted octanol–water partition coefficient (Wildman–Crippen LogP) is 15.2. The monoisotopic (exact) mass is 689 g/mol. The Kier molecular flexibility index (Phi) is 7.56. The summed E-state index contributed by atoms with van der Waals surface area (Å²) < 4.78 is 0. The van der Waals surface area contributed by atoms with Crippen LogP contribution in [-0.2, 0) is 0 Å². The maximum Gasteiger partial charge on any atom is 0.0546 e. The highest BCUT2D eigenvalue weighted by atomic mass is 15.1. The van der Waals surface area contributed by atoms with Crippen LogP contribution < -0.4 is 4.90 Å². The van der Waals surface area contributed by atoms with Crippen LogP contribution in [0.2, 0.25) is 0 Å². The van der Waals surface area contributed by atoms with Crippen molar-refractivity contribution in [1.82, 2.24) is 0 Å². The third-order valence-corrected chi connectivity index (χ3v) is 11.2. The summed E-state index contributed by atoms with van der Waals surface area (Å²) in [5, 5.41) is 12.9. The zero-order valence-corrected chi connectivity index (χ0v) is 30.8. The van der Waals surface area contributed by atoms with Crippen LogP contribution in [0.1, 0.15) is 16.7 Å². The highest BCUT2D eigenvalue weighted by Crippen LogP contribution is 2.50. The van der Waals surface area contributed by atoms with Gasteiger partial charge < -0.3 is 4.90 Å². The van der Waals surface area contributed by atoms with Crippen molar-refractivity contribution in [3.05, 3.63) is 199 Å². The molecular formula is C53H39N. The normalized spacial score (nSPS) is 11.6. The first-order chi connectivity index (χ1) is 26.5. The van der Waals surface area contributed by atoms with Crippen LogP contribution in [0.3, 0.4) is 0 Å². The first-order valence-electron chi connectivity index (χ1n) is 18.8. The fourth-order valence-electron chi connectivity index (χ4n) is 8.71. The molecule has 0 N–H and O–H groups in total. The lowest BCUT2D eigenvalue weighted by molar-refractivity contribution is 1.30. The van der Waals surface area contributed by atoms with Crippen LogP contribution in [0, 0.1) is 20.8 Å². The summed E-state index contributed by atoms with van der Waals surface area (Å²) in [7, 11) is 0. The van der Waals surface area contributed by atoms with Crippen LogP contribution in [0.4, 0.5) is 17.1 Å². The summed E-state index contributed by atoms with van der Waals surface area (Å²) in [6.07, 6.45) is 0. The van der Waals surface area contributed by atoms with E-state index in [1.807, 2.05) is 0 Å². The minimum Gasteiger partial charge on any atom is -0.310 e. The lowest BCUT2D eigenvalue weighted by Crippen LogP contribution is -2.11. The van der Waals surface area contributed by atoms with Gasteiger partial charge in [-0.05, 0) is 128 Å². The van der Waals surface area contributed by atoms with E-state index in [1.54, 1.807) is 0 Å². The smallest absolute Gasteiger partial charge is 0.0546 e. The van der Waals surface area contributed by atoms with Crippen LogP contribution in [0.5, 0.6) is 0 Å². The summed E-state index contributed by atoms with van der Waals surface area (Å²) in [6, 6.07) is 67.2. The third kappa shape index (κ3) is 5.16. The average molecular weight is 690 g/mol. The molecular weight excluding hydrogens is 651 g/mol. The quantitative estimate of drug-likeness (QED) is 0.163. The molecule has 0 spiro atoms. The number of rotatable bonds is 5. The molecule has 0 heterocycles. The second-order valence-electron chi connectivity index (χ2n) is 14.7. The fraction of sp³-hybridized carbons (Fsp3) is 0.0566. The van der Waals surface area contributed by atoms with Crippen molar-refractivity contribution in [2.45, 2.75) is 20.8 Å². The molecule has 0 atom stereocenters. The molecule has 0 amide bonds. The molecule has 0 unspecified atom stereocenters. The Morgan fingerprint density at radius 1 is 0.296 bits per heavy atom. The minimum atomic E-state index is 1.12. The standard InChI is InChI=1S/C53H39N/c1-34-19-27-43-46(31-34)47-32-35(2)20-28-44(47)52-51(43)48-33-40(38-15-9-5-10-16-38)24-29-45(48)50-36(3)21-30-49(53(50)52)54(41-17-11-6-12-18-41)42-25-22-39(23-26-42)37-13-7-4-8-14-37/h4-33H,1-3H3. The molecule has 0 saturated carbocycles. The Morgan fingerprint density at radius 2 is 0.778 bits per heavy atom. The maximum absolute atomic E-state index is 2.46. The van der Waals surface area contributed by atoms with Crippen molar-refractivity contribution < 1.29 is 0 Å². The fourth-order valence-corrected chi connectivity index (χ4v) is 8.71. The molecule has 0 radical (unpaired) electrons. The van der Waals surface area contributed by atoms with E-state index in [0.717, 1.165) is 11.4 Å². The number of hydrogen-bond donors (Lipinski definition) is 0. The number of anilines is 3. The van der Waals surface area contributed by atoms with Crippen molar-refractivity contribution in [3.63, 3.8) is 0 Å². The summed E-state index contributed by atoms with van der Waals surface area (Å²) in [5.74, 6) is 0. The second kappa shape index (κ2) is 12.8. The van der Waals surface area contributed by atoms with Crippen LogP contribution in [0.25, 0.3) is 76.1 Å². The van der Waals surface area contributed by atoms with Gasteiger partial charge in [0.1, 0.15) is 0 Å². The van der Waals surface area contributed by atoms with Gasteiger partial charge in [0, 0.05) is 22.1 Å². The Balaban J connectivity index is 1.39. The molecule has 1 nitrogen and oxygen atoms in total. The van der Waals surface area contributed by atoms with Gasteiger partial charge in [-0.25, -0.2) is 0 Å². The van der Waals surface area contributed by atoms with Gasteiger partial charge in [-0.1, -0.05) is 157 Å². The van der Waals surface area contributed by atoms with Crippen LogP contribution in [-0.4, -0.2) is 0 Å². The highest BCUT2D eigenvalue weighted by molar-refractivity contribution is 6.41. The molecule has 256 valence electrons. The lowest BCUT2D eigenvalue weighted by atomic mass is 9.84. The molecule has 54 heavy (non-hydrogen) atoms. The summed E-state index contributed by atoms with van der Waals surface area (Å²) >= 11 is 0. The van der Waals surface area contributed by atoms with Gasteiger partial charge in [0.2, 0.25) is 0 Å². The average Bonchev–Trinajstić information content (AvgIpc) is 3.22. The third-order valence-electron chi connectivity index (χ3n) is 11.2. The molecule has 0 aliphatic heterocycles. The van der Waals surface area contributed by atoms with Gasteiger partial charge in [-0.2, -0.15) is 0 Å². The molecule has 0 bridgehead atoms. The number of para-hydroxylation sites is 1. The van der Waals surface area contributed by atoms with Crippen LogP contribution >= 0.6 is 0 Å². The second-order valence-corrected chi connectivity index (χ2v) is 14.7. The summed E-state index contributed by atoms with van der Waals surface area (Å²) in [5.41, 5.74) is 12.1. The first-order valence-corrected chi connectivity index (χ1v) is 18.8. The van der Waals surface area contributed by atoms with E-state index >= 15 is 0 Å². The molecule has 0 aromatic heterocycles. The van der Waals surface area contributed by atoms with Gasteiger partial charge >= 0.3 is 0 Å². The molecule has 10 aromatic rings. The molecule has 0 saturated heterocycles. The Hall–Kier alpha value is -6.70. The van der Waals surface area contributed by atoms with Crippen molar-refractivity contribution in [1.29, 1.82) is 0 Å². The Morgan fingerprint density at radius 3 is 1.41 bits per heavy atom. The van der Waals surface area contributed by atoms with Gasteiger partial charge in [0.05, 0.1) is 5.69 Å². The van der Waals surface area contributed by atoms with E-state index in [4.69, 9.17) is 0 Å². The van der Waals surface area contributed by atoms with E-state index in [-0.39, 0.29) is 0 Å². The number of benzene rings is 10. The first kappa shape index (κ1) is 32.0. The highest BCUT2D eigenvalue weighted by Gasteiger charge is 2.23. The largest absolute Gasteiger partial charge is 0.310 e. The van der Waals surface area contributed by atoms with E-state index in [1.165, 1.54) is 98.5 Å². The number of fused-ring (bicyclic) bond motifs is 11. The number of aryl methyl sites for hydroxylation is 3. The molecule has 0 aliphatic carbocycles. The van der Waals surface area contributed by atoms with Crippen molar-refractivity contribution in [3.8, 4) is 22.3 Å². The van der Waals surface area contributed by atoms with Crippen molar-refractivity contribution in [2.75, 3.05) is 4.90 Å². The summed E-state index contributed by atoms with van der Waals surface area (Å²) in [6.45, 7) is 6.70. The molecule has 1 heteroatoms. The lowest BCUT2D eigenvalue weighted by Gasteiger charge is -2.29. The number of hydrogen-bond acceptors (Lipinski definition) is 1. The SMILES string of the molecule is Cc1ccc2c(c1)c1cc(C)ccc1c1c3c(N(c4ccccc4)c4ccc(-c5ccccc5)cc4)ccc(C)c3c3ccc(-c4ccccc4)cc3c21. The minimum absolute atomic E-state index is 1.12. The van der Waals surface area contributed by atoms with E-state index < -0.39 is 0 Å². The van der Waals surface area contributed by atoms with Gasteiger partial charge in [0.15, 0.2) is 0 Å². The molecule has 0 fully saturated rings. The van der Waals surface area contributed by atoms with Crippen molar-refractivity contribution in [2.24, 2.45) is 0 Å². The van der Waals surface area contributed by atoms with Crippen molar-refractivity contribution >= 4 is 70.9 Å². The van der Waals surface area contributed by atoms with E-state index in [2.05, 4.69) is 208 Å². The van der Waals surface area contributed by atoms with E-state index in [0.29, 0.717) is 0 Å². The topological polar surface area (TPSA) is 3.24 Å². The van der Waals surface area contributed by atoms with E-state index in [9.17, 15) is 0 Å². The summed E-state index contributed by atoms with van der Waals surface area (Å²) in [4.78, 5) is 2.46. The molecule has 10 rings (SSSR count). The maximum atomic E-state index is 2.46. The van der Waals surface area contributed by atoms with Gasteiger partial charge in [0.25, 0.3) is 0 Å². The zero-order valence-electron chi connectivity index (χ0n) is 30.8.